The maximum atomic E-state index is 12.2. The van der Waals surface area contributed by atoms with Crippen molar-refractivity contribution in [1.29, 1.82) is 0 Å². The zero-order chi connectivity index (χ0) is 20.2. The molecule has 0 amide bonds. The van der Waals surface area contributed by atoms with E-state index in [1.165, 1.54) is 57.5 Å². The molecular formula is C17H20N2O6S2. The highest BCUT2D eigenvalue weighted by Crippen LogP contribution is 2.17. The van der Waals surface area contributed by atoms with E-state index < -0.39 is 26.0 Å². The van der Waals surface area contributed by atoms with Crippen molar-refractivity contribution in [1.82, 2.24) is 9.03 Å². The van der Waals surface area contributed by atoms with Crippen LogP contribution in [-0.2, 0) is 31.4 Å². The van der Waals surface area contributed by atoms with Crippen LogP contribution in [-0.4, -0.2) is 48.3 Å². The summed E-state index contributed by atoms with van der Waals surface area (Å²) in [4.78, 5) is 12.2. The summed E-state index contributed by atoms with van der Waals surface area (Å²) < 4.78 is 56.4. The number of benzene rings is 2. The molecule has 0 saturated heterocycles. The van der Waals surface area contributed by atoms with Crippen LogP contribution >= 0.6 is 0 Å². The number of rotatable bonds is 7. The molecule has 2 aromatic rings. The molecule has 0 fully saturated rings. The minimum atomic E-state index is -3.68. The number of hydrogen-bond acceptors (Lipinski definition) is 6. The van der Waals surface area contributed by atoms with Gasteiger partial charge in [-0.2, -0.15) is 0 Å². The zero-order valence-electron chi connectivity index (χ0n) is 15.0. The maximum absolute atomic E-state index is 12.2. The van der Waals surface area contributed by atoms with Crippen molar-refractivity contribution in [3.8, 4) is 0 Å². The first-order valence-electron chi connectivity index (χ1n) is 7.80. The molecule has 10 heteroatoms. The maximum Gasteiger partial charge on any atom is 0.338 e. The Labute approximate surface area is 158 Å². The Bertz CT molecular complexity index is 1050. The third kappa shape index (κ3) is 4.92. The average molecular weight is 412 g/mol. The van der Waals surface area contributed by atoms with E-state index in [-0.39, 0.29) is 22.0 Å². The molecule has 0 aliphatic heterocycles. The van der Waals surface area contributed by atoms with Gasteiger partial charge in [0.05, 0.1) is 15.4 Å². The van der Waals surface area contributed by atoms with Crippen LogP contribution in [0.4, 0.5) is 0 Å². The third-order valence-electron chi connectivity index (χ3n) is 3.70. The molecule has 0 saturated carbocycles. The molecule has 0 unspecified atom stereocenters. The van der Waals surface area contributed by atoms with Gasteiger partial charge in [0.15, 0.2) is 0 Å². The van der Waals surface area contributed by atoms with Crippen LogP contribution in [0, 0.1) is 0 Å². The predicted octanol–water partition coefficient (Wildman–Crippen LogP) is 1.20. The number of sulfonamides is 2. The molecule has 0 aromatic heterocycles. The van der Waals surface area contributed by atoms with Gasteiger partial charge in [0.25, 0.3) is 0 Å². The molecule has 0 bridgehead atoms. The highest BCUT2D eigenvalue weighted by molar-refractivity contribution is 7.89. The van der Waals surface area contributed by atoms with Crippen LogP contribution in [0.3, 0.4) is 0 Å². The number of nitrogens with zero attached hydrogens (tertiary/aromatic N) is 1. The minimum Gasteiger partial charge on any atom is -0.457 e. The van der Waals surface area contributed by atoms with Gasteiger partial charge in [-0.25, -0.2) is 30.7 Å². The van der Waals surface area contributed by atoms with Crippen LogP contribution < -0.4 is 4.72 Å². The summed E-state index contributed by atoms with van der Waals surface area (Å²) in [5, 5.41) is 0. The first kappa shape index (κ1) is 21.0. The lowest BCUT2D eigenvalue weighted by molar-refractivity contribution is 0.0472. The van der Waals surface area contributed by atoms with E-state index >= 15 is 0 Å². The summed E-state index contributed by atoms with van der Waals surface area (Å²) in [5.41, 5.74) is 0.564. The second-order valence-electron chi connectivity index (χ2n) is 5.75. The van der Waals surface area contributed by atoms with Crippen molar-refractivity contribution in [2.45, 2.75) is 16.4 Å². The second-order valence-corrected chi connectivity index (χ2v) is 9.78. The van der Waals surface area contributed by atoms with Crippen LogP contribution in [0.25, 0.3) is 0 Å². The lowest BCUT2D eigenvalue weighted by Gasteiger charge is -2.12. The van der Waals surface area contributed by atoms with Gasteiger partial charge in [0.2, 0.25) is 20.0 Å². The molecule has 0 aliphatic rings. The molecule has 27 heavy (non-hydrogen) atoms. The molecule has 0 heterocycles. The Morgan fingerprint density at radius 3 is 2.26 bits per heavy atom. The summed E-state index contributed by atoms with van der Waals surface area (Å²) in [6.07, 6.45) is 0. The van der Waals surface area contributed by atoms with E-state index in [9.17, 15) is 21.6 Å². The van der Waals surface area contributed by atoms with Crippen LogP contribution in [0.15, 0.2) is 58.3 Å². The van der Waals surface area contributed by atoms with E-state index in [1.54, 1.807) is 12.1 Å². The monoisotopic (exact) mass is 412 g/mol. The Kier molecular flexibility index (Phi) is 6.37. The fourth-order valence-electron chi connectivity index (χ4n) is 2.15. The van der Waals surface area contributed by atoms with Crippen LogP contribution in [0.5, 0.6) is 0 Å². The van der Waals surface area contributed by atoms with E-state index in [0.717, 1.165) is 4.31 Å². The number of esters is 1. The Hall–Kier alpha value is -2.27. The van der Waals surface area contributed by atoms with Gasteiger partial charge in [-0.15, -0.1) is 0 Å². The highest BCUT2D eigenvalue weighted by Gasteiger charge is 2.18. The van der Waals surface area contributed by atoms with E-state index in [2.05, 4.69) is 4.72 Å². The lowest BCUT2D eigenvalue weighted by atomic mass is 10.2. The lowest BCUT2D eigenvalue weighted by Crippen LogP contribution is -2.22. The Morgan fingerprint density at radius 2 is 1.63 bits per heavy atom. The summed E-state index contributed by atoms with van der Waals surface area (Å²) in [5.74, 6) is -0.718. The topological polar surface area (TPSA) is 110 Å². The molecule has 0 aliphatic carbocycles. The number of carbonyl (C=O) groups is 1. The zero-order valence-corrected chi connectivity index (χ0v) is 16.7. The molecule has 1 N–H and O–H groups in total. The van der Waals surface area contributed by atoms with Gasteiger partial charge in [-0.1, -0.05) is 18.2 Å². The highest BCUT2D eigenvalue weighted by atomic mass is 32.2. The van der Waals surface area contributed by atoms with Crippen LogP contribution in [0.2, 0.25) is 0 Å². The summed E-state index contributed by atoms with van der Waals surface area (Å²) in [7, 11) is -3.15. The number of ether oxygens (including phenoxy) is 1. The van der Waals surface area contributed by atoms with E-state index in [4.69, 9.17) is 4.74 Å². The molecular weight excluding hydrogens is 392 g/mol. The first-order chi connectivity index (χ1) is 12.6. The number of hydrogen-bond donors (Lipinski definition) is 1. The molecule has 0 spiro atoms. The third-order valence-corrected chi connectivity index (χ3v) is 6.92. The predicted molar refractivity (Wildman–Crippen MR) is 99.1 cm³/mol. The quantitative estimate of drug-likeness (QED) is 0.685. The fourth-order valence-corrected chi connectivity index (χ4v) is 3.89. The van der Waals surface area contributed by atoms with E-state index in [1.807, 2.05) is 0 Å². The fraction of sp³-hybridized carbons (Fsp3) is 0.235. The summed E-state index contributed by atoms with van der Waals surface area (Å²) in [6.45, 7) is -0.154. The van der Waals surface area contributed by atoms with Gasteiger partial charge in [0.1, 0.15) is 6.61 Å². The molecule has 146 valence electrons. The SMILES string of the molecule is CNS(=O)(=O)c1cccc(C(=O)OCc2cccc(S(=O)(=O)N(C)C)c2)c1. The molecule has 0 atom stereocenters. The standard InChI is InChI=1S/C17H20N2O6S2/c1-18-26(21,22)15-8-5-7-14(11-15)17(20)25-12-13-6-4-9-16(10-13)27(23,24)19(2)3/h4-11,18H,12H2,1-3H3. The Morgan fingerprint density at radius 1 is 1.00 bits per heavy atom. The summed E-state index contributed by atoms with van der Waals surface area (Å²) in [6, 6.07) is 11.5. The van der Waals surface area contributed by atoms with E-state index in [0.29, 0.717) is 5.56 Å². The van der Waals surface area contributed by atoms with Gasteiger partial charge in [-0.3, -0.25) is 0 Å². The van der Waals surface area contributed by atoms with Crippen molar-refractivity contribution in [2.75, 3.05) is 21.1 Å². The second kappa shape index (κ2) is 8.17. The van der Waals surface area contributed by atoms with Crippen LogP contribution in [0.1, 0.15) is 15.9 Å². The van der Waals surface area contributed by atoms with Gasteiger partial charge >= 0.3 is 5.97 Å². The van der Waals surface area contributed by atoms with Crippen molar-refractivity contribution < 1.29 is 26.4 Å². The number of carbonyl (C=O) groups excluding carboxylic acids is 1. The molecule has 2 rings (SSSR count). The average Bonchev–Trinajstić information content (AvgIpc) is 2.66. The first-order valence-corrected chi connectivity index (χ1v) is 10.7. The normalized spacial score (nSPS) is 12.1. The Balaban J connectivity index is 2.16. The number of nitrogens with one attached hydrogen (secondary N) is 1. The molecule has 2 aromatic carbocycles. The minimum absolute atomic E-state index is 0.0569. The molecule has 8 nitrogen and oxygen atoms in total. The largest absolute Gasteiger partial charge is 0.457 e. The van der Waals surface area contributed by atoms with Crippen molar-refractivity contribution in [3.63, 3.8) is 0 Å². The van der Waals surface area contributed by atoms with Crippen molar-refractivity contribution in [3.05, 3.63) is 59.7 Å². The van der Waals surface area contributed by atoms with Gasteiger partial charge in [0, 0.05) is 14.1 Å². The summed E-state index contributed by atoms with van der Waals surface area (Å²) >= 11 is 0. The van der Waals surface area contributed by atoms with Gasteiger partial charge in [-0.05, 0) is 42.9 Å². The van der Waals surface area contributed by atoms with Crippen molar-refractivity contribution >= 4 is 26.0 Å². The van der Waals surface area contributed by atoms with Crippen molar-refractivity contribution in [2.24, 2.45) is 0 Å². The van der Waals surface area contributed by atoms with Gasteiger partial charge < -0.3 is 4.74 Å². The smallest absolute Gasteiger partial charge is 0.338 e. The molecule has 0 radical (unpaired) electrons.